The second-order valence-corrected chi connectivity index (χ2v) is 5.31. The molecule has 0 radical (unpaired) electrons. The molecule has 0 saturated heterocycles. The molecule has 116 valence electrons. The van der Waals surface area contributed by atoms with Gasteiger partial charge in [-0.1, -0.05) is 0 Å². The number of anilines is 2. The average Bonchev–Trinajstić information content (AvgIpc) is 2.50. The SMILES string of the molecule is CCOc1ccc(C(=O)Nc2ccc(N(C)C)cc2)cc1C. The lowest BCUT2D eigenvalue weighted by molar-refractivity contribution is 0.102. The van der Waals surface area contributed by atoms with Crippen LogP contribution in [0, 0.1) is 6.92 Å². The zero-order valence-corrected chi connectivity index (χ0v) is 13.5. The van der Waals surface area contributed by atoms with E-state index in [1.165, 1.54) is 0 Å². The zero-order chi connectivity index (χ0) is 16.1. The predicted molar refractivity (Wildman–Crippen MR) is 91.1 cm³/mol. The van der Waals surface area contributed by atoms with E-state index in [-0.39, 0.29) is 5.91 Å². The van der Waals surface area contributed by atoms with Crippen molar-refractivity contribution >= 4 is 17.3 Å². The van der Waals surface area contributed by atoms with Crippen molar-refractivity contribution in [1.29, 1.82) is 0 Å². The molecule has 4 nitrogen and oxygen atoms in total. The molecule has 0 fully saturated rings. The first kappa shape index (κ1) is 15.9. The Bertz CT molecular complexity index is 649. The second-order valence-electron chi connectivity index (χ2n) is 5.31. The number of benzene rings is 2. The lowest BCUT2D eigenvalue weighted by Crippen LogP contribution is -2.13. The lowest BCUT2D eigenvalue weighted by Gasteiger charge is -2.13. The van der Waals surface area contributed by atoms with Crippen molar-refractivity contribution in [1.82, 2.24) is 0 Å². The zero-order valence-electron chi connectivity index (χ0n) is 13.5. The number of ether oxygens (including phenoxy) is 1. The predicted octanol–water partition coefficient (Wildman–Crippen LogP) is 3.71. The molecule has 0 heterocycles. The van der Waals surface area contributed by atoms with E-state index in [2.05, 4.69) is 5.32 Å². The molecule has 1 N–H and O–H groups in total. The maximum Gasteiger partial charge on any atom is 0.255 e. The fourth-order valence-corrected chi connectivity index (χ4v) is 2.15. The van der Waals surface area contributed by atoms with Crippen LogP contribution in [0.1, 0.15) is 22.8 Å². The Kier molecular flexibility index (Phi) is 5.04. The number of nitrogens with zero attached hydrogens (tertiary/aromatic N) is 1. The van der Waals surface area contributed by atoms with Gasteiger partial charge in [0.25, 0.3) is 5.91 Å². The Labute approximate surface area is 131 Å². The Balaban J connectivity index is 2.10. The molecule has 0 atom stereocenters. The molecule has 2 aromatic carbocycles. The monoisotopic (exact) mass is 298 g/mol. The molecular formula is C18H22N2O2. The van der Waals surface area contributed by atoms with Crippen LogP contribution in [-0.4, -0.2) is 26.6 Å². The van der Waals surface area contributed by atoms with Crippen molar-refractivity contribution in [2.24, 2.45) is 0 Å². The van der Waals surface area contributed by atoms with Gasteiger partial charge in [-0.25, -0.2) is 0 Å². The fraction of sp³-hybridized carbons (Fsp3) is 0.278. The van der Waals surface area contributed by atoms with Gasteiger partial charge in [-0.05, 0) is 61.9 Å². The van der Waals surface area contributed by atoms with Crippen molar-refractivity contribution < 1.29 is 9.53 Å². The van der Waals surface area contributed by atoms with Gasteiger partial charge in [0.15, 0.2) is 0 Å². The normalized spacial score (nSPS) is 10.2. The van der Waals surface area contributed by atoms with E-state index in [0.29, 0.717) is 12.2 Å². The van der Waals surface area contributed by atoms with Gasteiger partial charge in [0.1, 0.15) is 5.75 Å². The average molecular weight is 298 g/mol. The quantitative estimate of drug-likeness (QED) is 0.915. The molecular weight excluding hydrogens is 276 g/mol. The molecule has 2 rings (SSSR count). The minimum absolute atomic E-state index is 0.122. The summed E-state index contributed by atoms with van der Waals surface area (Å²) in [5.74, 6) is 0.693. The minimum Gasteiger partial charge on any atom is -0.494 e. The Morgan fingerprint density at radius 3 is 2.36 bits per heavy atom. The van der Waals surface area contributed by atoms with E-state index in [4.69, 9.17) is 4.74 Å². The smallest absolute Gasteiger partial charge is 0.255 e. The summed E-state index contributed by atoms with van der Waals surface area (Å²) in [5.41, 5.74) is 3.45. The van der Waals surface area contributed by atoms with Crippen LogP contribution < -0.4 is 15.0 Å². The number of hydrogen-bond donors (Lipinski definition) is 1. The van der Waals surface area contributed by atoms with Crippen LogP contribution in [0.5, 0.6) is 5.75 Å². The molecule has 1 amide bonds. The largest absolute Gasteiger partial charge is 0.494 e. The molecule has 0 aromatic heterocycles. The van der Waals surface area contributed by atoms with Gasteiger partial charge in [-0.15, -0.1) is 0 Å². The molecule has 0 unspecified atom stereocenters. The van der Waals surface area contributed by atoms with Gasteiger partial charge in [0.2, 0.25) is 0 Å². The summed E-state index contributed by atoms with van der Waals surface area (Å²) in [5, 5.41) is 2.90. The summed E-state index contributed by atoms with van der Waals surface area (Å²) in [6.07, 6.45) is 0. The maximum absolute atomic E-state index is 12.3. The number of nitrogens with one attached hydrogen (secondary N) is 1. The van der Waals surface area contributed by atoms with E-state index >= 15 is 0 Å². The van der Waals surface area contributed by atoms with Crippen molar-refractivity contribution in [3.05, 3.63) is 53.6 Å². The Morgan fingerprint density at radius 1 is 1.14 bits per heavy atom. The summed E-state index contributed by atoms with van der Waals surface area (Å²) in [6.45, 7) is 4.50. The molecule has 4 heteroatoms. The van der Waals surface area contributed by atoms with Crippen LogP contribution in [0.3, 0.4) is 0 Å². The first-order valence-corrected chi connectivity index (χ1v) is 7.33. The van der Waals surface area contributed by atoms with Crippen LogP contribution >= 0.6 is 0 Å². The third kappa shape index (κ3) is 3.79. The summed E-state index contributed by atoms with van der Waals surface area (Å²) < 4.78 is 5.49. The van der Waals surface area contributed by atoms with Gasteiger partial charge in [-0.3, -0.25) is 4.79 Å². The highest BCUT2D eigenvalue weighted by Crippen LogP contribution is 2.21. The van der Waals surface area contributed by atoms with Gasteiger partial charge < -0.3 is 15.0 Å². The number of hydrogen-bond acceptors (Lipinski definition) is 3. The van der Waals surface area contributed by atoms with Crippen molar-refractivity contribution in [2.75, 3.05) is 30.9 Å². The Hall–Kier alpha value is -2.49. The molecule has 0 spiro atoms. The molecule has 22 heavy (non-hydrogen) atoms. The number of rotatable bonds is 5. The molecule has 0 saturated carbocycles. The summed E-state index contributed by atoms with van der Waals surface area (Å²) >= 11 is 0. The van der Waals surface area contributed by atoms with Gasteiger partial charge >= 0.3 is 0 Å². The third-order valence-electron chi connectivity index (χ3n) is 3.38. The van der Waals surface area contributed by atoms with E-state index in [9.17, 15) is 4.79 Å². The summed E-state index contributed by atoms with van der Waals surface area (Å²) in [6, 6.07) is 13.2. The van der Waals surface area contributed by atoms with E-state index in [1.807, 2.05) is 69.2 Å². The van der Waals surface area contributed by atoms with Crippen molar-refractivity contribution in [3.63, 3.8) is 0 Å². The van der Waals surface area contributed by atoms with Crippen LogP contribution in [-0.2, 0) is 0 Å². The van der Waals surface area contributed by atoms with Crippen LogP contribution in [0.25, 0.3) is 0 Å². The number of carbonyl (C=O) groups excluding carboxylic acids is 1. The Morgan fingerprint density at radius 2 is 1.82 bits per heavy atom. The molecule has 0 aliphatic rings. The lowest BCUT2D eigenvalue weighted by atomic mass is 10.1. The van der Waals surface area contributed by atoms with Crippen LogP contribution in [0.2, 0.25) is 0 Å². The molecule has 0 bridgehead atoms. The fourth-order valence-electron chi connectivity index (χ4n) is 2.15. The second kappa shape index (κ2) is 6.98. The summed E-state index contributed by atoms with van der Waals surface area (Å²) in [7, 11) is 3.96. The topological polar surface area (TPSA) is 41.6 Å². The highest BCUT2D eigenvalue weighted by Gasteiger charge is 2.09. The first-order valence-electron chi connectivity index (χ1n) is 7.33. The van der Waals surface area contributed by atoms with Crippen LogP contribution in [0.4, 0.5) is 11.4 Å². The van der Waals surface area contributed by atoms with Gasteiger partial charge in [0, 0.05) is 31.0 Å². The highest BCUT2D eigenvalue weighted by molar-refractivity contribution is 6.04. The number of aryl methyl sites for hydroxylation is 1. The van der Waals surface area contributed by atoms with Crippen molar-refractivity contribution in [3.8, 4) is 5.75 Å². The molecule has 0 aliphatic carbocycles. The first-order chi connectivity index (χ1) is 10.5. The number of carbonyl (C=O) groups is 1. The van der Waals surface area contributed by atoms with E-state index in [1.54, 1.807) is 6.07 Å². The molecule has 0 aliphatic heterocycles. The standard InChI is InChI=1S/C18H22N2O2/c1-5-22-17-11-6-14(12-13(17)2)18(21)19-15-7-9-16(10-8-15)20(3)4/h6-12H,5H2,1-4H3,(H,19,21). The van der Waals surface area contributed by atoms with Crippen molar-refractivity contribution in [2.45, 2.75) is 13.8 Å². The van der Waals surface area contributed by atoms with Gasteiger partial charge in [0.05, 0.1) is 6.61 Å². The molecule has 2 aromatic rings. The van der Waals surface area contributed by atoms with Gasteiger partial charge in [-0.2, -0.15) is 0 Å². The third-order valence-corrected chi connectivity index (χ3v) is 3.38. The van der Waals surface area contributed by atoms with E-state index in [0.717, 1.165) is 22.7 Å². The number of amides is 1. The highest BCUT2D eigenvalue weighted by atomic mass is 16.5. The summed E-state index contributed by atoms with van der Waals surface area (Å²) in [4.78, 5) is 14.3. The van der Waals surface area contributed by atoms with Crippen LogP contribution in [0.15, 0.2) is 42.5 Å². The maximum atomic E-state index is 12.3. The van der Waals surface area contributed by atoms with E-state index < -0.39 is 0 Å². The minimum atomic E-state index is -0.122.